The van der Waals surface area contributed by atoms with Crippen LogP contribution in [0.3, 0.4) is 0 Å². The Morgan fingerprint density at radius 2 is 2.04 bits per heavy atom. The number of ether oxygens (including phenoxy) is 1. The zero-order valence-electron chi connectivity index (χ0n) is 13.1. The quantitative estimate of drug-likeness (QED) is 0.744. The molecule has 0 saturated carbocycles. The van der Waals surface area contributed by atoms with Crippen molar-refractivity contribution in [2.45, 2.75) is 13.0 Å². The summed E-state index contributed by atoms with van der Waals surface area (Å²) in [5.41, 5.74) is 0.766. The standard InChI is InChI=1S/C17H13ClFN3O3/c1-10(16(23)21-15-7-4-12(18)8-14(15)19)25-13-5-2-11(3-6-13)17-22-20-9-24-17/h2-10H,1H3,(H,21,23)/t10-/m0/s1. The number of anilines is 1. The average Bonchev–Trinajstić information content (AvgIpc) is 3.12. The molecule has 0 aliphatic carbocycles. The molecule has 1 atom stereocenters. The predicted molar refractivity (Wildman–Crippen MR) is 89.9 cm³/mol. The van der Waals surface area contributed by atoms with Crippen molar-refractivity contribution in [3.05, 3.63) is 59.7 Å². The zero-order valence-corrected chi connectivity index (χ0v) is 13.8. The maximum Gasteiger partial charge on any atom is 0.265 e. The van der Waals surface area contributed by atoms with Crippen LogP contribution in [0.4, 0.5) is 10.1 Å². The Morgan fingerprint density at radius 1 is 1.28 bits per heavy atom. The van der Waals surface area contributed by atoms with Crippen LogP contribution in [-0.4, -0.2) is 22.2 Å². The first kappa shape index (κ1) is 16.9. The van der Waals surface area contributed by atoms with Gasteiger partial charge in [0.2, 0.25) is 12.3 Å². The van der Waals surface area contributed by atoms with E-state index in [1.165, 1.54) is 18.5 Å². The number of benzene rings is 2. The summed E-state index contributed by atoms with van der Waals surface area (Å²) in [6.45, 7) is 1.56. The number of rotatable bonds is 5. The first-order chi connectivity index (χ1) is 12.0. The summed E-state index contributed by atoms with van der Waals surface area (Å²) in [5, 5.41) is 10.1. The van der Waals surface area contributed by atoms with Crippen LogP contribution in [0.25, 0.3) is 11.5 Å². The Hall–Kier alpha value is -2.93. The minimum absolute atomic E-state index is 0.0385. The van der Waals surface area contributed by atoms with E-state index < -0.39 is 17.8 Å². The van der Waals surface area contributed by atoms with Crippen LogP contribution in [0.2, 0.25) is 5.02 Å². The normalized spacial score (nSPS) is 11.8. The molecule has 0 fully saturated rings. The van der Waals surface area contributed by atoms with Crippen molar-refractivity contribution in [3.8, 4) is 17.2 Å². The van der Waals surface area contributed by atoms with Crippen LogP contribution in [0.15, 0.2) is 53.3 Å². The van der Waals surface area contributed by atoms with Crippen LogP contribution in [-0.2, 0) is 4.79 Å². The Labute approximate surface area is 147 Å². The van der Waals surface area contributed by atoms with Gasteiger partial charge in [-0.15, -0.1) is 10.2 Å². The molecule has 0 bridgehead atoms. The summed E-state index contributed by atoms with van der Waals surface area (Å²) in [5.74, 6) is -0.239. The van der Waals surface area contributed by atoms with Crippen LogP contribution < -0.4 is 10.1 Å². The molecule has 0 spiro atoms. The van der Waals surface area contributed by atoms with E-state index in [-0.39, 0.29) is 10.7 Å². The number of carbonyl (C=O) groups excluding carboxylic acids is 1. The average molecular weight is 362 g/mol. The van der Waals surface area contributed by atoms with E-state index in [4.69, 9.17) is 20.8 Å². The second kappa shape index (κ2) is 7.31. The maximum absolute atomic E-state index is 13.7. The Bertz CT molecular complexity index is 869. The number of aromatic nitrogens is 2. The van der Waals surface area contributed by atoms with Crippen molar-refractivity contribution in [2.75, 3.05) is 5.32 Å². The van der Waals surface area contributed by atoms with Gasteiger partial charge in [0.25, 0.3) is 5.91 Å². The van der Waals surface area contributed by atoms with E-state index in [2.05, 4.69) is 15.5 Å². The summed E-state index contributed by atoms with van der Waals surface area (Å²) in [6, 6.07) is 10.8. The Kier molecular flexibility index (Phi) is 4.95. The fraction of sp³-hybridized carbons (Fsp3) is 0.118. The van der Waals surface area contributed by atoms with Gasteiger partial charge in [-0.3, -0.25) is 4.79 Å². The van der Waals surface area contributed by atoms with Crippen LogP contribution >= 0.6 is 11.6 Å². The van der Waals surface area contributed by atoms with Crippen molar-refractivity contribution in [1.29, 1.82) is 0 Å². The monoisotopic (exact) mass is 361 g/mol. The number of nitrogens with zero attached hydrogens (tertiary/aromatic N) is 2. The van der Waals surface area contributed by atoms with Crippen molar-refractivity contribution in [3.63, 3.8) is 0 Å². The van der Waals surface area contributed by atoms with Gasteiger partial charge in [-0.1, -0.05) is 11.6 Å². The fourth-order valence-electron chi connectivity index (χ4n) is 2.06. The summed E-state index contributed by atoms with van der Waals surface area (Å²) >= 11 is 5.68. The van der Waals surface area contributed by atoms with E-state index in [1.807, 2.05) is 0 Å². The van der Waals surface area contributed by atoms with Crippen LogP contribution in [0.1, 0.15) is 6.92 Å². The number of amides is 1. The van der Waals surface area contributed by atoms with Crippen molar-refractivity contribution in [2.24, 2.45) is 0 Å². The van der Waals surface area contributed by atoms with E-state index >= 15 is 0 Å². The molecular formula is C17H13ClFN3O3. The van der Waals surface area contributed by atoms with Gasteiger partial charge in [0.05, 0.1) is 5.69 Å². The first-order valence-electron chi connectivity index (χ1n) is 7.32. The molecule has 0 aliphatic heterocycles. The predicted octanol–water partition coefficient (Wildman–Crippen LogP) is 3.94. The number of hydrogen-bond acceptors (Lipinski definition) is 5. The lowest BCUT2D eigenvalue weighted by atomic mass is 10.2. The van der Waals surface area contributed by atoms with Crippen molar-refractivity contribution < 1.29 is 18.3 Å². The van der Waals surface area contributed by atoms with Crippen LogP contribution in [0.5, 0.6) is 5.75 Å². The van der Waals surface area contributed by atoms with Crippen molar-refractivity contribution in [1.82, 2.24) is 10.2 Å². The second-order valence-corrected chi connectivity index (χ2v) is 5.58. The fourth-order valence-corrected chi connectivity index (χ4v) is 2.22. The highest BCUT2D eigenvalue weighted by Gasteiger charge is 2.17. The molecule has 128 valence electrons. The van der Waals surface area contributed by atoms with E-state index in [0.29, 0.717) is 11.6 Å². The molecule has 6 nitrogen and oxygen atoms in total. The molecule has 1 N–H and O–H groups in total. The van der Waals surface area contributed by atoms with E-state index in [0.717, 1.165) is 11.6 Å². The lowest BCUT2D eigenvalue weighted by molar-refractivity contribution is -0.122. The van der Waals surface area contributed by atoms with Gasteiger partial charge in [0.1, 0.15) is 11.6 Å². The largest absolute Gasteiger partial charge is 0.481 e. The third-order valence-electron chi connectivity index (χ3n) is 3.33. The number of nitrogens with one attached hydrogen (secondary N) is 1. The first-order valence-corrected chi connectivity index (χ1v) is 7.70. The molecule has 0 saturated heterocycles. The van der Waals surface area contributed by atoms with Gasteiger partial charge in [0, 0.05) is 10.6 Å². The number of carbonyl (C=O) groups is 1. The third-order valence-corrected chi connectivity index (χ3v) is 3.57. The number of hydrogen-bond donors (Lipinski definition) is 1. The molecule has 1 aromatic heterocycles. The molecule has 0 radical (unpaired) electrons. The smallest absolute Gasteiger partial charge is 0.265 e. The van der Waals surface area contributed by atoms with Gasteiger partial charge in [-0.2, -0.15) is 0 Å². The van der Waals surface area contributed by atoms with Gasteiger partial charge < -0.3 is 14.5 Å². The van der Waals surface area contributed by atoms with Gasteiger partial charge in [0.15, 0.2) is 6.10 Å². The second-order valence-electron chi connectivity index (χ2n) is 5.14. The van der Waals surface area contributed by atoms with Gasteiger partial charge in [-0.05, 0) is 49.4 Å². The zero-order chi connectivity index (χ0) is 17.8. The highest BCUT2D eigenvalue weighted by atomic mass is 35.5. The number of halogens is 2. The molecule has 1 amide bonds. The summed E-state index contributed by atoms with van der Waals surface area (Å²) < 4.78 is 24.4. The lowest BCUT2D eigenvalue weighted by Crippen LogP contribution is -2.30. The molecule has 8 heteroatoms. The van der Waals surface area contributed by atoms with E-state index in [1.54, 1.807) is 31.2 Å². The topological polar surface area (TPSA) is 77.2 Å². The molecule has 25 heavy (non-hydrogen) atoms. The summed E-state index contributed by atoms with van der Waals surface area (Å²) in [7, 11) is 0. The lowest BCUT2D eigenvalue weighted by Gasteiger charge is -2.15. The van der Waals surface area contributed by atoms with Crippen molar-refractivity contribution >= 4 is 23.2 Å². The Morgan fingerprint density at radius 3 is 2.68 bits per heavy atom. The molecule has 0 aliphatic rings. The molecular weight excluding hydrogens is 349 g/mol. The summed E-state index contributed by atoms with van der Waals surface area (Å²) in [4.78, 5) is 12.1. The third kappa shape index (κ3) is 4.13. The van der Waals surface area contributed by atoms with E-state index in [9.17, 15) is 9.18 Å². The van der Waals surface area contributed by atoms with Gasteiger partial charge in [-0.25, -0.2) is 4.39 Å². The highest BCUT2D eigenvalue weighted by Crippen LogP contribution is 2.22. The summed E-state index contributed by atoms with van der Waals surface area (Å²) in [6.07, 6.45) is 0.409. The molecule has 3 rings (SSSR count). The SMILES string of the molecule is C[C@H](Oc1ccc(-c2nnco2)cc1)C(=O)Nc1ccc(Cl)cc1F. The minimum atomic E-state index is -0.829. The Balaban J connectivity index is 1.63. The molecule has 0 unspecified atom stereocenters. The molecule has 1 heterocycles. The molecule has 2 aromatic carbocycles. The van der Waals surface area contributed by atoms with Crippen LogP contribution in [0, 0.1) is 5.82 Å². The molecule has 3 aromatic rings. The van der Waals surface area contributed by atoms with Gasteiger partial charge >= 0.3 is 0 Å². The maximum atomic E-state index is 13.7. The highest BCUT2D eigenvalue weighted by molar-refractivity contribution is 6.30. The minimum Gasteiger partial charge on any atom is -0.481 e.